The second-order valence-electron chi connectivity index (χ2n) is 6.33. The molecule has 0 saturated carbocycles. The van der Waals surface area contributed by atoms with Crippen LogP contribution in [0.25, 0.3) is 11.4 Å². The van der Waals surface area contributed by atoms with Gasteiger partial charge < -0.3 is 14.6 Å². The minimum atomic E-state index is -0.484. The molecule has 0 saturated heterocycles. The van der Waals surface area contributed by atoms with Gasteiger partial charge in [-0.2, -0.15) is 0 Å². The largest absolute Gasteiger partial charge is 0.497 e. The number of benzene rings is 2. The van der Waals surface area contributed by atoms with E-state index in [1.54, 1.807) is 14.0 Å². The number of methoxy groups -OCH3 is 1. The van der Waals surface area contributed by atoms with Gasteiger partial charge >= 0.3 is 0 Å². The lowest BCUT2D eigenvalue weighted by molar-refractivity contribution is -0.384. The van der Waals surface area contributed by atoms with E-state index in [9.17, 15) is 14.9 Å². The molecule has 0 aliphatic rings. The van der Waals surface area contributed by atoms with Crippen LogP contribution in [0.1, 0.15) is 13.8 Å². The van der Waals surface area contributed by atoms with Gasteiger partial charge in [0.05, 0.1) is 17.3 Å². The molecule has 0 fully saturated rings. The van der Waals surface area contributed by atoms with Crippen LogP contribution >= 0.6 is 11.8 Å². The van der Waals surface area contributed by atoms with E-state index in [0.717, 1.165) is 11.3 Å². The number of ether oxygens (including phenoxy) is 1. The molecular weight excluding hydrogens is 406 g/mol. The van der Waals surface area contributed by atoms with Crippen LogP contribution in [-0.4, -0.2) is 38.0 Å². The summed E-state index contributed by atoms with van der Waals surface area (Å²) < 4.78 is 7.13. The monoisotopic (exact) mass is 427 g/mol. The van der Waals surface area contributed by atoms with Crippen molar-refractivity contribution >= 4 is 29.0 Å². The molecule has 30 heavy (non-hydrogen) atoms. The molecule has 0 aliphatic carbocycles. The maximum atomic E-state index is 12.5. The van der Waals surface area contributed by atoms with E-state index in [4.69, 9.17) is 4.74 Å². The minimum Gasteiger partial charge on any atom is -0.497 e. The second kappa shape index (κ2) is 9.40. The van der Waals surface area contributed by atoms with Crippen molar-refractivity contribution in [2.75, 3.05) is 12.4 Å². The van der Waals surface area contributed by atoms with E-state index in [0.29, 0.717) is 23.2 Å². The maximum Gasteiger partial charge on any atom is 0.269 e. The maximum absolute atomic E-state index is 12.5. The number of nitro benzene ring substituents is 1. The Bertz CT molecular complexity index is 1030. The molecule has 1 heterocycles. The van der Waals surface area contributed by atoms with E-state index in [-0.39, 0.29) is 11.6 Å². The summed E-state index contributed by atoms with van der Waals surface area (Å²) in [5.74, 6) is 1.24. The molecule has 156 valence electrons. The number of carbonyl (C=O) groups is 1. The third kappa shape index (κ3) is 4.77. The van der Waals surface area contributed by atoms with Crippen molar-refractivity contribution < 1.29 is 14.5 Å². The van der Waals surface area contributed by atoms with Crippen LogP contribution in [0.3, 0.4) is 0 Å². The summed E-state index contributed by atoms with van der Waals surface area (Å²) in [5, 5.41) is 22.2. The Morgan fingerprint density at radius 3 is 2.43 bits per heavy atom. The van der Waals surface area contributed by atoms with Gasteiger partial charge in [-0.25, -0.2) is 0 Å². The quantitative estimate of drug-likeness (QED) is 0.328. The summed E-state index contributed by atoms with van der Waals surface area (Å²) in [6.45, 7) is 4.41. The first-order chi connectivity index (χ1) is 14.4. The molecule has 1 aromatic heterocycles. The first kappa shape index (κ1) is 21.3. The van der Waals surface area contributed by atoms with Gasteiger partial charge in [0.15, 0.2) is 11.0 Å². The molecule has 2 aromatic carbocycles. The Kier molecular flexibility index (Phi) is 6.68. The summed E-state index contributed by atoms with van der Waals surface area (Å²) in [4.78, 5) is 22.8. The number of rotatable bonds is 8. The number of nitro groups is 1. The van der Waals surface area contributed by atoms with Crippen molar-refractivity contribution in [3.05, 3.63) is 58.6 Å². The third-order valence-corrected chi connectivity index (χ3v) is 5.46. The number of thioether (sulfide) groups is 1. The van der Waals surface area contributed by atoms with Gasteiger partial charge in [0.25, 0.3) is 5.69 Å². The van der Waals surface area contributed by atoms with E-state index >= 15 is 0 Å². The second-order valence-corrected chi connectivity index (χ2v) is 7.64. The average molecular weight is 427 g/mol. The van der Waals surface area contributed by atoms with Crippen LogP contribution in [0.5, 0.6) is 5.75 Å². The van der Waals surface area contributed by atoms with Gasteiger partial charge in [-0.05, 0) is 50.2 Å². The van der Waals surface area contributed by atoms with Gasteiger partial charge in [0, 0.05) is 29.9 Å². The molecule has 1 unspecified atom stereocenters. The number of amides is 1. The van der Waals surface area contributed by atoms with Crippen molar-refractivity contribution in [3.63, 3.8) is 0 Å². The fourth-order valence-electron chi connectivity index (χ4n) is 2.74. The van der Waals surface area contributed by atoms with E-state index < -0.39 is 10.2 Å². The summed E-state index contributed by atoms with van der Waals surface area (Å²) in [5.41, 5.74) is 1.37. The number of non-ortho nitro benzene ring substituents is 1. The standard InChI is InChI=1S/C20H21N5O4S/c1-4-24-18(14-5-11-17(29-3)12-6-14)22-23-20(24)30-13(2)19(26)21-15-7-9-16(10-8-15)25(27)28/h5-13H,4H2,1-3H3,(H,21,26). The van der Waals surface area contributed by atoms with Crippen LogP contribution in [0.2, 0.25) is 0 Å². The van der Waals surface area contributed by atoms with Crippen LogP contribution in [0.15, 0.2) is 53.7 Å². The summed E-state index contributed by atoms with van der Waals surface area (Å²) in [6.07, 6.45) is 0. The number of carbonyl (C=O) groups excluding carboxylic acids is 1. The SMILES string of the molecule is CCn1c(SC(C)C(=O)Nc2ccc([N+](=O)[O-])cc2)nnc1-c1ccc(OC)cc1. The van der Waals surface area contributed by atoms with E-state index in [2.05, 4.69) is 15.5 Å². The Labute approximate surface area is 177 Å². The van der Waals surface area contributed by atoms with Gasteiger partial charge in [-0.1, -0.05) is 11.8 Å². The minimum absolute atomic E-state index is 0.0301. The first-order valence-electron chi connectivity index (χ1n) is 9.22. The number of aromatic nitrogens is 3. The molecule has 1 amide bonds. The van der Waals surface area contributed by atoms with Crippen molar-refractivity contribution in [2.24, 2.45) is 0 Å². The highest BCUT2D eigenvalue weighted by Crippen LogP contribution is 2.28. The summed E-state index contributed by atoms with van der Waals surface area (Å²) in [7, 11) is 1.61. The lowest BCUT2D eigenvalue weighted by Crippen LogP contribution is -2.22. The fraction of sp³-hybridized carbons (Fsp3) is 0.250. The van der Waals surface area contributed by atoms with Gasteiger partial charge in [0.1, 0.15) is 5.75 Å². The Morgan fingerprint density at radius 2 is 1.87 bits per heavy atom. The number of nitrogens with one attached hydrogen (secondary N) is 1. The molecule has 10 heteroatoms. The molecule has 9 nitrogen and oxygen atoms in total. The zero-order valence-electron chi connectivity index (χ0n) is 16.7. The topological polar surface area (TPSA) is 112 Å². The summed E-state index contributed by atoms with van der Waals surface area (Å²) in [6, 6.07) is 13.2. The number of nitrogens with zero attached hydrogens (tertiary/aromatic N) is 4. The van der Waals surface area contributed by atoms with Crippen LogP contribution in [0.4, 0.5) is 11.4 Å². The highest BCUT2D eigenvalue weighted by Gasteiger charge is 2.20. The normalized spacial score (nSPS) is 11.7. The van der Waals surface area contributed by atoms with Crippen LogP contribution in [0, 0.1) is 10.1 Å². The molecule has 3 aromatic rings. The smallest absolute Gasteiger partial charge is 0.269 e. The third-order valence-electron chi connectivity index (χ3n) is 4.38. The molecule has 3 rings (SSSR count). The van der Waals surface area contributed by atoms with E-state index in [1.165, 1.54) is 36.0 Å². The van der Waals surface area contributed by atoms with Crippen LogP contribution in [-0.2, 0) is 11.3 Å². The van der Waals surface area contributed by atoms with E-state index in [1.807, 2.05) is 35.8 Å². The lowest BCUT2D eigenvalue weighted by atomic mass is 10.2. The van der Waals surface area contributed by atoms with Crippen molar-refractivity contribution in [1.29, 1.82) is 0 Å². The summed E-state index contributed by atoms with van der Waals surface area (Å²) >= 11 is 1.30. The first-order valence-corrected chi connectivity index (χ1v) is 10.1. The molecule has 1 N–H and O–H groups in total. The van der Waals surface area contributed by atoms with Gasteiger partial charge in [0.2, 0.25) is 5.91 Å². The number of hydrogen-bond acceptors (Lipinski definition) is 7. The zero-order valence-corrected chi connectivity index (χ0v) is 17.5. The highest BCUT2D eigenvalue weighted by atomic mass is 32.2. The fourth-order valence-corrected chi connectivity index (χ4v) is 3.65. The van der Waals surface area contributed by atoms with Crippen molar-refractivity contribution in [2.45, 2.75) is 30.8 Å². The number of anilines is 1. The predicted octanol–water partition coefficient (Wildman–Crippen LogP) is 4.00. The van der Waals surface area contributed by atoms with Crippen molar-refractivity contribution in [3.8, 4) is 17.1 Å². The van der Waals surface area contributed by atoms with Crippen LogP contribution < -0.4 is 10.1 Å². The lowest BCUT2D eigenvalue weighted by Gasteiger charge is -2.13. The molecule has 0 aliphatic heterocycles. The molecule has 0 radical (unpaired) electrons. The highest BCUT2D eigenvalue weighted by molar-refractivity contribution is 8.00. The van der Waals surface area contributed by atoms with Gasteiger partial charge in [-0.15, -0.1) is 10.2 Å². The average Bonchev–Trinajstić information content (AvgIpc) is 3.16. The van der Waals surface area contributed by atoms with Crippen molar-refractivity contribution in [1.82, 2.24) is 14.8 Å². The Morgan fingerprint density at radius 1 is 1.20 bits per heavy atom. The molecule has 1 atom stereocenters. The van der Waals surface area contributed by atoms with Gasteiger partial charge in [-0.3, -0.25) is 14.9 Å². The molecule has 0 bridgehead atoms. The Hall–Kier alpha value is -3.40. The number of hydrogen-bond donors (Lipinski definition) is 1. The Balaban J connectivity index is 1.71. The molecule has 0 spiro atoms. The predicted molar refractivity (Wildman–Crippen MR) is 115 cm³/mol. The molecular formula is C20H21N5O4S. The zero-order chi connectivity index (χ0) is 21.7.